The lowest BCUT2D eigenvalue weighted by Crippen LogP contribution is -2.42. The highest BCUT2D eigenvalue weighted by Crippen LogP contribution is 2.32. The maximum Gasteiger partial charge on any atom is 0.264 e. The maximum atomic E-state index is 13.2. The second-order valence-electron chi connectivity index (χ2n) is 8.49. The summed E-state index contributed by atoms with van der Waals surface area (Å²) in [5.41, 5.74) is 2.36. The summed E-state index contributed by atoms with van der Waals surface area (Å²) >= 11 is 0. The molecule has 0 N–H and O–H groups in total. The van der Waals surface area contributed by atoms with Crippen LogP contribution >= 0.6 is 0 Å². The Morgan fingerprint density at radius 1 is 0.966 bits per heavy atom. The largest absolute Gasteiger partial charge is 0.338 e. The molecule has 2 atom stereocenters. The van der Waals surface area contributed by atoms with E-state index >= 15 is 0 Å². The Hall–Kier alpha value is -2.34. The van der Waals surface area contributed by atoms with Crippen LogP contribution in [0.4, 0.5) is 5.69 Å². The van der Waals surface area contributed by atoms with E-state index < -0.39 is 10.0 Å². The molecule has 0 aromatic heterocycles. The molecule has 1 fully saturated rings. The summed E-state index contributed by atoms with van der Waals surface area (Å²) in [6, 6.07) is 14.1. The van der Waals surface area contributed by atoms with Crippen LogP contribution in [-0.2, 0) is 16.4 Å². The fourth-order valence-corrected chi connectivity index (χ4v) is 6.20. The number of rotatable bonds is 3. The predicted molar refractivity (Wildman–Crippen MR) is 115 cm³/mol. The highest BCUT2D eigenvalue weighted by molar-refractivity contribution is 7.92. The predicted octanol–water partition coefficient (Wildman–Crippen LogP) is 3.95. The first-order valence-electron chi connectivity index (χ1n) is 10.4. The number of piperidine rings is 1. The molecule has 1 amide bonds. The molecule has 0 aliphatic carbocycles. The zero-order valence-corrected chi connectivity index (χ0v) is 17.9. The van der Waals surface area contributed by atoms with E-state index in [0.717, 1.165) is 43.6 Å². The molecule has 2 aromatic carbocycles. The van der Waals surface area contributed by atoms with E-state index in [9.17, 15) is 13.2 Å². The summed E-state index contributed by atoms with van der Waals surface area (Å²) in [6.07, 6.45) is 2.83. The molecule has 0 spiro atoms. The number of likely N-dealkylation sites (tertiary alicyclic amines) is 1. The highest BCUT2D eigenvalue weighted by Gasteiger charge is 2.30. The minimum atomic E-state index is -3.65. The molecule has 2 aliphatic rings. The van der Waals surface area contributed by atoms with Crippen molar-refractivity contribution in [1.29, 1.82) is 0 Å². The van der Waals surface area contributed by atoms with Crippen LogP contribution in [0.3, 0.4) is 0 Å². The first-order valence-corrected chi connectivity index (χ1v) is 11.8. The van der Waals surface area contributed by atoms with Crippen LogP contribution in [0.15, 0.2) is 53.4 Å². The number of aryl methyl sites for hydroxylation is 1. The monoisotopic (exact) mass is 412 g/mol. The fourth-order valence-electron chi connectivity index (χ4n) is 4.66. The standard InChI is InChI=1S/C23H28N2O3S/c1-17-14-18(2)16-24(15-17)23(26)20-9-11-21(12-10-20)29(27,28)25-13-5-7-19-6-3-4-8-22(19)25/h3-4,6,8-12,17-18H,5,7,13-16H2,1-2H3/t17-,18-/m1/s1. The van der Waals surface area contributed by atoms with E-state index in [1.54, 1.807) is 24.3 Å². The minimum Gasteiger partial charge on any atom is -0.338 e. The van der Waals surface area contributed by atoms with Crippen LogP contribution in [0, 0.1) is 11.8 Å². The Labute approximate surface area is 173 Å². The molecule has 2 heterocycles. The van der Waals surface area contributed by atoms with Crippen LogP contribution in [0.25, 0.3) is 0 Å². The van der Waals surface area contributed by atoms with Gasteiger partial charge in [-0.2, -0.15) is 0 Å². The summed E-state index contributed by atoms with van der Waals surface area (Å²) in [5.74, 6) is 0.957. The third-order valence-electron chi connectivity index (χ3n) is 5.91. The molecule has 0 saturated carbocycles. The van der Waals surface area contributed by atoms with Crippen molar-refractivity contribution in [1.82, 2.24) is 4.90 Å². The van der Waals surface area contributed by atoms with Crippen molar-refractivity contribution in [3.63, 3.8) is 0 Å². The van der Waals surface area contributed by atoms with Crippen LogP contribution in [0.5, 0.6) is 0 Å². The van der Waals surface area contributed by atoms with Crippen molar-refractivity contribution in [2.24, 2.45) is 11.8 Å². The number of carbonyl (C=O) groups excluding carboxylic acids is 1. The molecule has 0 unspecified atom stereocenters. The normalized spacial score (nSPS) is 22.3. The van der Waals surface area contributed by atoms with Crippen LogP contribution < -0.4 is 4.31 Å². The highest BCUT2D eigenvalue weighted by atomic mass is 32.2. The van der Waals surface area contributed by atoms with Gasteiger partial charge >= 0.3 is 0 Å². The number of para-hydroxylation sites is 1. The summed E-state index contributed by atoms with van der Waals surface area (Å²) in [5, 5.41) is 0. The van der Waals surface area contributed by atoms with E-state index in [2.05, 4.69) is 13.8 Å². The number of carbonyl (C=O) groups is 1. The molecule has 2 aromatic rings. The smallest absolute Gasteiger partial charge is 0.264 e. The summed E-state index contributed by atoms with van der Waals surface area (Å²) < 4.78 is 28.0. The van der Waals surface area contributed by atoms with E-state index in [-0.39, 0.29) is 10.8 Å². The molecule has 1 saturated heterocycles. The lowest BCUT2D eigenvalue weighted by Gasteiger charge is -2.35. The van der Waals surface area contributed by atoms with Gasteiger partial charge in [0.25, 0.3) is 15.9 Å². The van der Waals surface area contributed by atoms with Gasteiger partial charge in [0.15, 0.2) is 0 Å². The van der Waals surface area contributed by atoms with Crippen molar-refractivity contribution in [2.75, 3.05) is 23.9 Å². The summed E-state index contributed by atoms with van der Waals surface area (Å²) in [7, 11) is -3.65. The number of amides is 1. The molecule has 29 heavy (non-hydrogen) atoms. The van der Waals surface area contributed by atoms with Gasteiger partial charge in [0.2, 0.25) is 0 Å². The number of fused-ring (bicyclic) bond motifs is 1. The number of anilines is 1. The molecule has 154 valence electrons. The number of nitrogens with zero attached hydrogens (tertiary/aromatic N) is 2. The average molecular weight is 413 g/mol. The lowest BCUT2D eigenvalue weighted by molar-refractivity contribution is 0.0623. The Morgan fingerprint density at radius 3 is 2.31 bits per heavy atom. The first kappa shape index (κ1) is 20.0. The van der Waals surface area contributed by atoms with Crippen molar-refractivity contribution >= 4 is 21.6 Å². The maximum absolute atomic E-state index is 13.2. The van der Waals surface area contributed by atoms with Crippen molar-refractivity contribution in [3.05, 3.63) is 59.7 Å². The van der Waals surface area contributed by atoms with E-state index in [0.29, 0.717) is 23.9 Å². The van der Waals surface area contributed by atoms with Crippen molar-refractivity contribution in [2.45, 2.75) is 38.0 Å². The molecule has 0 bridgehead atoms. The van der Waals surface area contributed by atoms with Gasteiger partial charge in [0.05, 0.1) is 10.6 Å². The number of hydrogen-bond donors (Lipinski definition) is 0. The van der Waals surface area contributed by atoms with Gasteiger partial charge in [-0.05, 0) is 67.0 Å². The Morgan fingerprint density at radius 2 is 1.62 bits per heavy atom. The molecule has 6 heteroatoms. The Bertz CT molecular complexity index is 991. The number of hydrogen-bond acceptors (Lipinski definition) is 3. The summed E-state index contributed by atoms with van der Waals surface area (Å²) in [4.78, 5) is 15.0. The molecular formula is C23H28N2O3S. The molecular weight excluding hydrogens is 384 g/mol. The average Bonchev–Trinajstić information content (AvgIpc) is 2.72. The van der Waals surface area contributed by atoms with Crippen LogP contribution in [0.1, 0.15) is 42.6 Å². The second-order valence-corrected chi connectivity index (χ2v) is 10.4. The van der Waals surface area contributed by atoms with Gasteiger partial charge in [-0.25, -0.2) is 8.42 Å². The molecule has 5 nitrogen and oxygen atoms in total. The third kappa shape index (κ3) is 3.90. The summed E-state index contributed by atoms with van der Waals surface area (Å²) in [6.45, 7) is 6.33. The third-order valence-corrected chi connectivity index (χ3v) is 7.74. The molecule has 2 aliphatic heterocycles. The number of sulfonamides is 1. The van der Waals surface area contributed by atoms with Gasteiger partial charge < -0.3 is 4.90 Å². The van der Waals surface area contributed by atoms with Gasteiger partial charge in [-0.15, -0.1) is 0 Å². The molecule has 0 radical (unpaired) electrons. The topological polar surface area (TPSA) is 57.7 Å². The fraction of sp³-hybridized carbons (Fsp3) is 0.435. The van der Waals surface area contributed by atoms with Gasteiger partial charge in [0, 0.05) is 25.2 Å². The zero-order valence-electron chi connectivity index (χ0n) is 17.0. The van der Waals surface area contributed by atoms with Crippen molar-refractivity contribution < 1.29 is 13.2 Å². The first-order chi connectivity index (χ1) is 13.9. The Kier molecular flexibility index (Phi) is 5.38. The van der Waals surface area contributed by atoms with E-state index in [4.69, 9.17) is 0 Å². The van der Waals surface area contributed by atoms with Gasteiger partial charge in [-0.3, -0.25) is 9.10 Å². The SMILES string of the molecule is C[C@@H]1C[C@@H](C)CN(C(=O)c2ccc(S(=O)(=O)N3CCCc4ccccc43)cc2)C1. The van der Waals surface area contributed by atoms with Crippen LogP contribution in [0.2, 0.25) is 0 Å². The number of benzene rings is 2. The van der Waals surface area contributed by atoms with Gasteiger partial charge in [0.1, 0.15) is 0 Å². The van der Waals surface area contributed by atoms with E-state index in [1.807, 2.05) is 29.2 Å². The van der Waals surface area contributed by atoms with Crippen molar-refractivity contribution in [3.8, 4) is 0 Å². The molecule has 4 rings (SSSR count). The van der Waals surface area contributed by atoms with E-state index in [1.165, 1.54) is 4.31 Å². The second kappa shape index (κ2) is 7.82. The Balaban J connectivity index is 1.57. The lowest BCUT2D eigenvalue weighted by atomic mass is 9.91. The van der Waals surface area contributed by atoms with Crippen LogP contribution in [-0.4, -0.2) is 38.9 Å². The zero-order chi connectivity index (χ0) is 20.6. The quantitative estimate of drug-likeness (QED) is 0.767. The minimum absolute atomic E-state index is 0.0179. The van der Waals surface area contributed by atoms with Gasteiger partial charge in [-0.1, -0.05) is 32.0 Å².